The molecule has 23 heavy (non-hydrogen) atoms. The van der Waals surface area contributed by atoms with Crippen LogP contribution in [-0.4, -0.2) is 13.7 Å². The number of hydrogen-bond acceptors (Lipinski definition) is 3. The van der Waals surface area contributed by atoms with Crippen molar-refractivity contribution in [3.05, 3.63) is 59.2 Å². The van der Waals surface area contributed by atoms with E-state index in [1.54, 1.807) is 12.1 Å². The lowest BCUT2D eigenvalue weighted by Gasteiger charge is -2.17. The molecule has 0 aliphatic rings. The summed E-state index contributed by atoms with van der Waals surface area (Å²) < 4.78 is 34.4. The lowest BCUT2D eigenvalue weighted by molar-refractivity contribution is -0.0512. The molecule has 2 aromatic rings. The van der Waals surface area contributed by atoms with E-state index in [-0.39, 0.29) is 11.8 Å². The first-order chi connectivity index (χ1) is 11.0. The molecule has 0 aliphatic heterocycles. The van der Waals surface area contributed by atoms with E-state index in [0.29, 0.717) is 12.3 Å². The average Bonchev–Trinajstić information content (AvgIpc) is 2.52. The maximum Gasteiger partial charge on any atom is 0.387 e. The Morgan fingerprint density at radius 3 is 2.48 bits per heavy atom. The van der Waals surface area contributed by atoms with Crippen LogP contribution >= 0.6 is 0 Å². The first kappa shape index (κ1) is 17.2. The molecule has 0 saturated carbocycles. The Balaban J connectivity index is 2.07. The Morgan fingerprint density at radius 2 is 1.83 bits per heavy atom. The topological polar surface area (TPSA) is 30.5 Å². The molecule has 2 aromatic carbocycles. The molecule has 0 aliphatic carbocycles. The SMILES string of the molecule is COc1ccc(CNC(C)c2ccccc2C)cc1OC(F)F. The molecule has 0 amide bonds. The van der Waals surface area contributed by atoms with Crippen LogP contribution in [0.4, 0.5) is 8.78 Å². The van der Waals surface area contributed by atoms with E-state index < -0.39 is 6.61 Å². The summed E-state index contributed by atoms with van der Waals surface area (Å²) in [5, 5.41) is 3.39. The van der Waals surface area contributed by atoms with Gasteiger partial charge >= 0.3 is 6.61 Å². The molecule has 1 N–H and O–H groups in total. The largest absolute Gasteiger partial charge is 0.493 e. The summed E-state index contributed by atoms with van der Waals surface area (Å²) in [5.41, 5.74) is 3.27. The Morgan fingerprint density at radius 1 is 1.09 bits per heavy atom. The Labute approximate surface area is 135 Å². The maximum absolute atomic E-state index is 12.5. The minimum Gasteiger partial charge on any atom is -0.493 e. The third kappa shape index (κ3) is 4.66. The first-order valence-corrected chi connectivity index (χ1v) is 7.42. The van der Waals surface area contributed by atoms with Gasteiger partial charge in [0.05, 0.1) is 7.11 Å². The van der Waals surface area contributed by atoms with Gasteiger partial charge in [0.25, 0.3) is 0 Å². The van der Waals surface area contributed by atoms with E-state index in [2.05, 4.69) is 36.0 Å². The van der Waals surface area contributed by atoms with Crippen LogP contribution in [-0.2, 0) is 6.54 Å². The first-order valence-electron chi connectivity index (χ1n) is 7.42. The smallest absolute Gasteiger partial charge is 0.387 e. The van der Waals surface area contributed by atoms with Crippen LogP contribution in [0.1, 0.15) is 29.7 Å². The molecule has 0 radical (unpaired) electrons. The third-order valence-electron chi connectivity index (χ3n) is 3.71. The summed E-state index contributed by atoms with van der Waals surface area (Å²) in [6, 6.07) is 13.3. The molecule has 1 atom stereocenters. The van der Waals surface area contributed by atoms with Crippen molar-refractivity contribution in [2.45, 2.75) is 33.0 Å². The van der Waals surface area contributed by atoms with Crippen LogP contribution in [0.25, 0.3) is 0 Å². The molecule has 0 spiro atoms. The monoisotopic (exact) mass is 321 g/mol. The fourth-order valence-corrected chi connectivity index (χ4v) is 2.47. The van der Waals surface area contributed by atoms with Gasteiger partial charge in [-0.3, -0.25) is 0 Å². The van der Waals surface area contributed by atoms with Crippen molar-refractivity contribution in [1.82, 2.24) is 5.32 Å². The van der Waals surface area contributed by atoms with Crippen molar-refractivity contribution >= 4 is 0 Å². The van der Waals surface area contributed by atoms with Gasteiger partial charge in [0.2, 0.25) is 0 Å². The Hall–Kier alpha value is -2.14. The zero-order valence-corrected chi connectivity index (χ0v) is 13.5. The summed E-state index contributed by atoms with van der Waals surface area (Å²) in [6.07, 6.45) is 0. The van der Waals surface area contributed by atoms with E-state index >= 15 is 0 Å². The molecule has 0 fully saturated rings. The maximum atomic E-state index is 12.5. The summed E-state index contributed by atoms with van der Waals surface area (Å²) >= 11 is 0. The highest BCUT2D eigenvalue weighted by molar-refractivity contribution is 5.43. The number of hydrogen-bond donors (Lipinski definition) is 1. The van der Waals surface area contributed by atoms with Gasteiger partial charge in [0.1, 0.15) is 0 Å². The molecule has 0 aromatic heterocycles. The molecule has 1 unspecified atom stereocenters. The second-order valence-corrected chi connectivity index (χ2v) is 5.32. The van der Waals surface area contributed by atoms with E-state index in [1.165, 1.54) is 18.2 Å². The quantitative estimate of drug-likeness (QED) is 0.817. The van der Waals surface area contributed by atoms with Crippen LogP contribution in [0.15, 0.2) is 42.5 Å². The van der Waals surface area contributed by atoms with Gasteiger partial charge in [0.15, 0.2) is 11.5 Å². The zero-order chi connectivity index (χ0) is 16.8. The van der Waals surface area contributed by atoms with Gasteiger partial charge < -0.3 is 14.8 Å². The number of nitrogens with one attached hydrogen (secondary N) is 1. The van der Waals surface area contributed by atoms with Crippen molar-refractivity contribution in [2.24, 2.45) is 0 Å². The van der Waals surface area contributed by atoms with Crippen LogP contribution < -0.4 is 14.8 Å². The molecule has 5 heteroatoms. The van der Waals surface area contributed by atoms with Gasteiger partial charge in [-0.25, -0.2) is 0 Å². The van der Waals surface area contributed by atoms with Crippen molar-refractivity contribution < 1.29 is 18.3 Å². The van der Waals surface area contributed by atoms with Crippen LogP contribution in [0.3, 0.4) is 0 Å². The molecule has 0 heterocycles. The zero-order valence-electron chi connectivity index (χ0n) is 13.5. The minimum atomic E-state index is -2.88. The summed E-state index contributed by atoms with van der Waals surface area (Å²) in [4.78, 5) is 0. The normalized spacial score (nSPS) is 12.3. The van der Waals surface area contributed by atoms with Crippen LogP contribution in [0.2, 0.25) is 0 Å². The van der Waals surface area contributed by atoms with E-state index in [4.69, 9.17) is 4.74 Å². The average molecular weight is 321 g/mol. The lowest BCUT2D eigenvalue weighted by atomic mass is 10.0. The Bertz CT molecular complexity index is 647. The summed E-state index contributed by atoms with van der Waals surface area (Å²) in [7, 11) is 1.42. The third-order valence-corrected chi connectivity index (χ3v) is 3.71. The molecular formula is C18H21F2NO2. The summed E-state index contributed by atoms with van der Waals surface area (Å²) in [5.74, 6) is 0.339. The summed E-state index contributed by atoms with van der Waals surface area (Å²) in [6.45, 7) is 1.80. The van der Waals surface area contributed by atoms with Crippen LogP contribution in [0, 0.1) is 6.92 Å². The predicted molar refractivity (Wildman–Crippen MR) is 86.1 cm³/mol. The number of methoxy groups -OCH3 is 1. The van der Waals surface area contributed by atoms with E-state index in [9.17, 15) is 8.78 Å². The van der Waals surface area contributed by atoms with Gasteiger partial charge in [-0.1, -0.05) is 30.3 Å². The van der Waals surface area contributed by atoms with Gasteiger partial charge in [-0.05, 0) is 42.7 Å². The van der Waals surface area contributed by atoms with Gasteiger partial charge in [0, 0.05) is 12.6 Å². The highest BCUT2D eigenvalue weighted by atomic mass is 19.3. The molecular weight excluding hydrogens is 300 g/mol. The number of aryl methyl sites for hydroxylation is 1. The lowest BCUT2D eigenvalue weighted by Crippen LogP contribution is -2.19. The number of rotatable bonds is 7. The van der Waals surface area contributed by atoms with Crippen LogP contribution in [0.5, 0.6) is 11.5 Å². The minimum absolute atomic E-state index is 0.0466. The number of halogens is 2. The second-order valence-electron chi connectivity index (χ2n) is 5.32. The molecule has 124 valence electrons. The molecule has 3 nitrogen and oxygen atoms in total. The Kier molecular flexibility index (Phi) is 5.93. The van der Waals surface area contributed by atoms with Crippen molar-refractivity contribution in [3.63, 3.8) is 0 Å². The molecule has 2 rings (SSSR count). The highest BCUT2D eigenvalue weighted by Crippen LogP contribution is 2.29. The second kappa shape index (κ2) is 7.92. The molecule has 0 saturated heterocycles. The van der Waals surface area contributed by atoms with E-state index in [1.807, 2.05) is 18.2 Å². The predicted octanol–water partition coefficient (Wildman–Crippen LogP) is 4.46. The van der Waals surface area contributed by atoms with Crippen molar-refractivity contribution in [3.8, 4) is 11.5 Å². The van der Waals surface area contributed by atoms with E-state index in [0.717, 1.165) is 5.56 Å². The van der Waals surface area contributed by atoms with Gasteiger partial charge in [-0.2, -0.15) is 8.78 Å². The van der Waals surface area contributed by atoms with Crippen molar-refractivity contribution in [1.29, 1.82) is 0 Å². The fraction of sp³-hybridized carbons (Fsp3) is 0.333. The number of ether oxygens (including phenoxy) is 2. The number of benzene rings is 2. The van der Waals surface area contributed by atoms with Crippen molar-refractivity contribution in [2.75, 3.05) is 7.11 Å². The fourth-order valence-electron chi connectivity index (χ4n) is 2.47. The standard InChI is InChI=1S/C18H21F2NO2/c1-12-6-4-5-7-15(12)13(2)21-11-14-8-9-16(22-3)17(10-14)23-18(19)20/h4-10,13,18,21H,11H2,1-3H3. The highest BCUT2D eigenvalue weighted by Gasteiger charge is 2.12. The van der Waals surface area contributed by atoms with Gasteiger partial charge in [-0.15, -0.1) is 0 Å². The molecule has 0 bridgehead atoms. The number of alkyl halides is 2.